The normalized spacial score (nSPS) is 19.1. The number of carbonyl (C=O) groups is 1. The van der Waals surface area contributed by atoms with Crippen molar-refractivity contribution in [1.29, 1.82) is 0 Å². The van der Waals surface area contributed by atoms with Gasteiger partial charge >= 0.3 is 5.69 Å². The Hall–Kier alpha value is -2.61. The second kappa shape index (κ2) is 9.04. The molecule has 8 nitrogen and oxygen atoms in total. The molecule has 0 radical (unpaired) electrons. The smallest absolute Gasteiger partial charge is 0.346 e. The predicted molar refractivity (Wildman–Crippen MR) is 112 cm³/mol. The lowest BCUT2D eigenvalue weighted by molar-refractivity contribution is -0.134. The molecule has 1 unspecified atom stereocenters. The van der Waals surface area contributed by atoms with Gasteiger partial charge in [0.25, 0.3) is 5.91 Å². The number of ether oxygens (including phenoxy) is 2. The van der Waals surface area contributed by atoms with Crippen LogP contribution in [0, 0.1) is 6.92 Å². The molecular weight excluding hydrogens is 384 g/mol. The third-order valence-electron chi connectivity index (χ3n) is 5.84. The van der Waals surface area contributed by atoms with Gasteiger partial charge < -0.3 is 14.4 Å². The van der Waals surface area contributed by atoms with E-state index in [1.54, 1.807) is 7.11 Å². The summed E-state index contributed by atoms with van der Waals surface area (Å²) in [5.41, 5.74) is 1.09. The van der Waals surface area contributed by atoms with Gasteiger partial charge in [-0.25, -0.2) is 9.48 Å². The van der Waals surface area contributed by atoms with E-state index in [4.69, 9.17) is 9.47 Å². The molecule has 162 valence electrons. The van der Waals surface area contributed by atoms with Gasteiger partial charge in [0.15, 0.2) is 6.61 Å². The molecule has 1 aromatic heterocycles. The summed E-state index contributed by atoms with van der Waals surface area (Å²) in [4.78, 5) is 27.4. The topological polar surface area (TPSA) is 78.6 Å². The SMILES string of the molecule is COCCn1nc(C2CCCN(C(=O)COc3ccc(C)cc3)C2)n(C2CC2)c1=O. The van der Waals surface area contributed by atoms with Crippen LogP contribution in [0.4, 0.5) is 0 Å². The van der Waals surface area contributed by atoms with Gasteiger partial charge in [-0.15, -0.1) is 0 Å². The molecule has 4 rings (SSSR count). The number of likely N-dealkylation sites (tertiary alicyclic amines) is 1. The zero-order chi connectivity index (χ0) is 21.1. The lowest BCUT2D eigenvalue weighted by Crippen LogP contribution is -2.42. The summed E-state index contributed by atoms with van der Waals surface area (Å²) in [6, 6.07) is 7.94. The van der Waals surface area contributed by atoms with Crippen LogP contribution in [0.25, 0.3) is 0 Å². The van der Waals surface area contributed by atoms with Crippen LogP contribution in [-0.4, -0.2) is 58.6 Å². The number of aryl methyl sites for hydroxylation is 1. The number of piperidine rings is 1. The molecule has 30 heavy (non-hydrogen) atoms. The van der Waals surface area contributed by atoms with Crippen LogP contribution in [0.1, 0.15) is 49.0 Å². The van der Waals surface area contributed by atoms with Crippen LogP contribution in [0.5, 0.6) is 5.75 Å². The van der Waals surface area contributed by atoms with Crippen molar-refractivity contribution in [3.8, 4) is 5.75 Å². The number of aromatic nitrogens is 3. The van der Waals surface area contributed by atoms with Crippen LogP contribution in [-0.2, 0) is 16.1 Å². The molecule has 2 aliphatic rings. The van der Waals surface area contributed by atoms with Gasteiger partial charge in [0, 0.05) is 32.2 Å². The highest BCUT2D eigenvalue weighted by molar-refractivity contribution is 5.78. The summed E-state index contributed by atoms with van der Waals surface area (Å²) < 4.78 is 14.2. The van der Waals surface area contributed by atoms with Gasteiger partial charge in [0.05, 0.1) is 13.2 Å². The zero-order valence-electron chi connectivity index (χ0n) is 17.7. The van der Waals surface area contributed by atoms with E-state index in [2.05, 4.69) is 5.10 Å². The third-order valence-corrected chi connectivity index (χ3v) is 5.84. The summed E-state index contributed by atoms with van der Waals surface area (Å²) in [7, 11) is 1.62. The zero-order valence-corrected chi connectivity index (χ0v) is 17.7. The van der Waals surface area contributed by atoms with Crippen molar-refractivity contribution in [2.45, 2.75) is 51.1 Å². The molecule has 8 heteroatoms. The molecule has 0 spiro atoms. The van der Waals surface area contributed by atoms with Crippen molar-refractivity contribution in [2.24, 2.45) is 0 Å². The Labute approximate surface area is 176 Å². The lowest BCUT2D eigenvalue weighted by Gasteiger charge is -2.32. The Morgan fingerprint density at radius 3 is 2.67 bits per heavy atom. The predicted octanol–water partition coefficient (Wildman–Crippen LogP) is 2.12. The fourth-order valence-electron chi connectivity index (χ4n) is 4.00. The van der Waals surface area contributed by atoms with Crippen LogP contribution in [0.3, 0.4) is 0 Å². The Bertz CT molecular complexity index is 930. The molecule has 1 saturated heterocycles. The Morgan fingerprint density at radius 1 is 1.20 bits per heavy atom. The summed E-state index contributed by atoms with van der Waals surface area (Å²) >= 11 is 0. The van der Waals surface area contributed by atoms with Gasteiger partial charge in [-0.3, -0.25) is 9.36 Å². The first kappa shape index (κ1) is 20.7. The van der Waals surface area contributed by atoms with E-state index < -0.39 is 0 Å². The number of hydrogen-bond donors (Lipinski definition) is 0. The molecule has 2 fully saturated rings. The molecule has 1 saturated carbocycles. The van der Waals surface area contributed by atoms with Gasteiger partial charge in [0.2, 0.25) is 0 Å². The minimum atomic E-state index is -0.0595. The largest absolute Gasteiger partial charge is 0.484 e. The van der Waals surface area contributed by atoms with Crippen molar-refractivity contribution >= 4 is 5.91 Å². The molecule has 0 N–H and O–H groups in total. The van der Waals surface area contributed by atoms with Crippen LogP contribution < -0.4 is 10.4 Å². The average Bonchev–Trinajstić information content (AvgIpc) is 3.55. The Morgan fingerprint density at radius 2 is 1.97 bits per heavy atom. The maximum atomic E-state index is 12.8. The van der Waals surface area contributed by atoms with Crippen molar-refractivity contribution < 1.29 is 14.3 Å². The minimum Gasteiger partial charge on any atom is -0.484 e. The maximum Gasteiger partial charge on any atom is 0.346 e. The van der Waals surface area contributed by atoms with E-state index in [1.165, 1.54) is 4.68 Å². The first-order valence-corrected chi connectivity index (χ1v) is 10.7. The molecular formula is C22H30N4O4. The molecule has 2 aromatic rings. The fraction of sp³-hybridized carbons (Fsp3) is 0.591. The summed E-state index contributed by atoms with van der Waals surface area (Å²) in [6.07, 6.45) is 3.85. The second-order valence-electron chi connectivity index (χ2n) is 8.24. The first-order chi connectivity index (χ1) is 14.6. The van der Waals surface area contributed by atoms with Crippen LogP contribution >= 0.6 is 0 Å². The Balaban J connectivity index is 1.44. The van der Waals surface area contributed by atoms with E-state index in [0.29, 0.717) is 32.0 Å². The van der Waals surface area contributed by atoms with Crippen LogP contribution in [0.2, 0.25) is 0 Å². The van der Waals surface area contributed by atoms with Crippen LogP contribution in [0.15, 0.2) is 29.1 Å². The van der Waals surface area contributed by atoms with Crippen molar-refractivity contribution in [3.05, 3.63) is 46.1 Å². The number of nitrogens with zero attached hydrogens (tertiary/aromatic N) is 4. The molecule has 1 aliphatic heterocycles. The second-order valence-corrected chi connectivity index (χ2v) is 8.24. The van der Waals surface area contributed by atoms with E-state index in [1.807, 2.05) is 40.7 Å². The number of benzene rings is 1. The quantitative estimate of drug-likeness (QED) is 0.661. The monoisotopic (exact) mass is 414 g/mol. The van der Waals surface area contributed by atoms with E-state index in [0.717, 1.165) is 37.1 Å². The standard InChI is InChI=1S/C22H30N4O4/c1-16-5-9-19(10-6-16)30-15-20(27)24-11-3-4-17(14-24)21-23-25(12-13-29-2)22(28)26(21)18-7-8-18/h5-6,9-10,17-18H,3-4,7-8,11-15H2,1-2H3. The highest BCUT2D eigenvalue weighted by Gasteiger charge is 2.35. The number of amides is 1. The van der Waals surface area contributed by atoms with E-state index >= 15 is 0 Å². The highest BCUT2D eigenvalue weighted by Crippen LogP contribution is 2.37. The minimum absolute atomic E-state index is 0.0213. The number of methoxy groups -OCH3 is 1. The maximum absolute atomic E-state index is 12.8. The average molecular weight is 415 g/mol. The summed E-state index contributed by atoms with van der Waals surface area (Å²) in [5.74, 6) is 1.55. The van der Waals surface area contributed by atoms with Crippen molar-refractivity contribution in [3.63, 3.8) is 0 Å². The summed E-state index contributed by atoms with van der Waals surface area (Å²) in [6.45, 7) is 4.22. The van der Waals surface area contributed by atoms with Crippen molar-refractivity contribution in [2.75, 3.05) is 33.4 Å². The number of carbonyl (C=O) groups excluding carboxylic acids is 1. The molecule has 2 heterocycles. The highest BCUT2D eigenvalue weighted by atomic mass is 16.5. The van der Waals surface area contributed by atoms with Crippen molar-refractivity contribution in [1.82, 2.24) is 19.2 Å². The molecule has 1 amide bonds. The van der Waals surface area contributed by atoms with Gasteiger partial charge in [-0.1, -0.05) is 17.7 Å². The molecule has 1 aliphatic carbocycles. The van der Waals surface area contributed by atoms with E-state index in [9.17, 15) is 9.59 Å². The fourth-order valence-corrected chi connectivity index (χ4v) is 4.00. The third kappa shape index (κ3) is 4.59. The lowest BCUT2D eigenvalue weighted by atomic mass is 9.97. The van der Waals surface area contributed by atoms with E-state index in [-0.39, 0.29) is 30.2 Å². The first-order valence-electron chi connectivity index (χ1n) is 10.7. The molecule has 1 aromatic carbocycles. The van der Waals surface area contributed by atoms with Gasteiger partial charge in [-0.2, -0.15) is 5.10 Å². The number of hydrogen-bond acceptors (Lipinski definition) is 5. The Kier molecular flexibility index (Phi) is 6.22. The summed E-state index contributed by atoms with van der Waals surface area (Å²) in [5, 5.41) is 4.65. The van der Waals surface area contributed by atoms with Gasteiger partial charge in [0.1, 0.15) is 11.6 Å². The molecule has 0 bridgehead atoms. The van der Waals surface area contributed by atoms with Gasteiger partial charge in [-0.05, 0) is 44.7 Å². The molecule has 1 atom stereocenters. The number of rotatable bonds is 8.